The van der Waals surface area contributed by atoms with E-state index in [-0.39, 0.29) is 17.7 Å². The van der Waals surface area contributed by atoms with Gasteiger partial charge in [-0.1, -0.05) is 35.6 Å². The number of carbonyl (C=O) groups excluding carboxylic acids is 2. The van der Waals surface area contributed by atoms with Crippen molar-refractivity contribution >= 4 is 44.2 Å². The van der Waals surface area contributed by atoms with Crippen molar-refractivity contribution in [1.82, 2.24) is 9.88 Å². The molecule has 1 aliphatic heterocycles. The molecule has 1 aromatic heterocycles. The van der Waals surface area contributed by atoms with Crippen LogP contribution in [0.2, 0.25) is 0 Å². The first-order chi connectivity index (χ1) is 14.5. The van der Waals surface area contributed by atoms with Crippen molar-refractivity contribution in [3.63, 3.8) is 0 Å². The van der Waals surface area contributed by atoms with Crippen LogP contribution in [0, 0.1) is 5.92 Å². The van der Waals surface area contributed by atoms with E-state index >= 15 is 0 Å². The molecule has 2 amide bonds. The van der Waals surface area contributed by atoms with Gasteiger partial charge >= 0.3 is 0 Å². The van der Waals surface area contributed by atoms with E-state index in [2.05, 4.69) is 16.3 Å². The number of fused-ring (bicyclic) bond motifs is 1. The van der Waals surface area contributed by atoms with Crippen LogP contribution in [0.1, 0.15) is 25.3 Å². The highest BCUT2D eigenvalue weighted by molar-refractivity contribution is 7.22. The Bertz CT molecular complexity index is 1020. The molecule has 0 spiro atoms. The molecule has 1 N–H and O–H groups in total. The molecule has 1 fully saturated rings. The number of anilines is 2. The van der Waals surface area contributed by atoms with Gasteiger partial charge in [-0.25, -0.2) is 4.98 Å². The zero-order valence-corrected chi connectivity index (χ0v) is 18.1. The maximum Gasteiger partial charge on any atom is 0.227 e. The molecule has 0 radical (unpaired) electrons. The van der Waals surface area contributed by atoms with Crippen LogP contribution >= 0.6 is 11.3 Å². The van der Waals surface area contributed by atoms with Crippen molar-refractivity contribution in [2.75, 3.05) is 30.4 Å². The number of amides is 2. The number of piperidine rings is 1. The molecule has 0 saturated carbocycles. The topological polar surface area (TPSA) is 65.5 Å². The third-order valence-corrected chi connectivity index (χ3v) is 6.67. The molecule has 2 aromatic carbocycles. The molecule has 30 heavy (non-hydrogen) atoms. The molecular formula is C23H26N4O2S. The van der Waals surface area contributed by atoms with Crippen molar-refractivity contribution < 1.29 is 9.59 Å². The number of carbonyl (C=O) groups is 2. The van der Waals surface area contributed by atoms with Gasteiger partial charge in [0.15, 0.2) is 5.13 Å². The summed E-state index contributed by atoms with van der Waals surface area (Å²) < 4.78 is 1.20. The van der Waals surface area contributed by atoms with Crippen LogP contribution < -0.4 is 10.2 Å². The minimum absolute atomic E-state index is 0.000761. The summed E-state index contributed by atoms with van der Waals surface area (Å²) in [5.74, 6) is 0.0829. The normalized spacial score (nSPS) is 14.7. The number of nitrogens with zero attached hydrogens (tertiary/aromatic N) is 3. The van der Waals surface area contributed by atoms with Gasteiger partial charge in [-0.15, -0.1) is 0 Å². The Balaban J connectivity index is 1.34. The second kappa shape index (κ2) is 8.83. The van der Waals surface area contributed by atoms with Crippen molar-refractivity contribution in [2.24, 2.45) is 5.92 Å². The quantitative estimate of drug-likeness (QED) is 0.671. The van der Waals surface area contributed by atoms with Crippen LogP contribution in [-0.2, 0) is 16.1 Å². The monoisotopic (exact) mass is 422 g/mol. The highest BCUT2D eigenvalue weighted by Gasteiger charge is 2.26. The molecule has 0 unspecified atom stereocenters. The van der Waals surface area contributed by atoms with E-state index in [4.69, 9.17) is 4.98 Å². The van der Waals surface area contributed by atoms with Gasteiger partial charge in [0.05, 0.1) is 10.2 Å². The molecular weight excluding hydrogens is 396 g/mol. The highest BCUT2D eigenvalue weighted by Crippen LogP contribution is 2.31. The molecule has 1 aliphatic rings. The van der Waals surface area contributed by atoms with Crippen LogP contribution in [0.3, 0.4) is 0 Å². The van der Waals surface area contributed by atoms with E-state index in [1.54, 1.807) is 30.2 Å². The van der Waals surface area contributed by atoms with Crippen molar-refractivity contribution in [2.45, 2.75) is 26.3 Å². The SMILES string of the molecule is CC(=O)N(C)Cc1cccc(NC(=O)C2CCN(c3nc4ccccc4s3)CC2)c1. The van der Waals surface area contributed by atoms with E-state index in [9.17, 15) is 9.59 Å². The van der Waals surface area contributed by atoms with Crippen molar-refractivity contribution in [3.05, 3.63) is 54.1 Å². The second-order valence-electron chi connectivity index (χ2n) is 7.79. The van der Waals surface area contributed by atoms with Gasteiger partial charge in [-0.05, 0) is 42.7 Å². The number of para-hydroxylation sites is 1. The summed E-state index contributed by atoms with van der Waals surface area (Å²) in [6, 6.07) is 15.9. The average molecular weight is 423 g/mol. The molecule has 1 saturated heterocycles. The first-order valence-corrected chi connectivity index (χ1v) is 11.0. The molecule has 0 aliphatic carbocycles. The zero-order valence-electron chi connectivity index (χ0n) is 17.3. The lowest BCUT2D eigenvalue weighted by Crippen LogP contribution is -2.38. The standard InChI is InChI=1S/C23H26N4O2S/c1-16(28)26(2)15-17-6-5-7-19(14-17)24-22(29)18-10-12-27(13-11-18)23-25-20-8-3-4-9-21(20)30-23/h3-9,14,18H,10-13,15H2,1-2H3,(H,24,29). The van der Waals surface area contributed by atoms with E-state index in [1.165, 1.54) is 4.70 Å². The summed E-state index contributed by atoms with van der Waals surface area (Å²) in [7, 11) is 1.77. The lowest BCUT2D eigenvalue weighted by molar-refractivity contribution is -0.128. The van der Waals surface area contributed by atoms with Gasteiger partial charge in [0.25, 0.3) is 0 Å². The van der Waals surface area contributed by atoms with Gasteiger partial charge in [-0.2, -0.15) is 0 Å². The lowest BCUT2D eigenvalue weighted by atomic mass is 9.96. The first-order valence-electron chi connectivity index (χ1n) is 10.2. The minimum Gasteiger partial charge on any atom is -0.348 e. The fraction of sp³-hybridized carbons (Fsp3) is 0.348. The van der Waals surface area contributed by atoms with Crippen molar-refractivity contribution in [1.29, 1.82) is 0 Å². The van der Waals surface area contributed by atoms with Gasteiger partial charge in [0.2, 0.25) is 11.8 Å². The number of nitrogens with one attached hydrogen (secondary N) is 1. The number of thiazole rings is 1. The summed E-state index contributed by atoms with van der Waals surface area (Å²) >= 11 is 1.71. The van der Waals surface area contributed by atoms with Gasteiger partial charge in [0.1, 0.15) is 0 Å². The van der Waals surface area contributed by atoms with Crippen LogP contribution in [0.5, 0.6) is 0 Å². The fourth-order valence-corrected chi connectivity index (χ4v) is 4.72. The maximum atomic E-state index is 12.8. The van der Waals surface area contributed by atoms with Gasteiger partial charge in [0, 0.05) is 45.2 Å². The Kier molecular flexibility index (Phi) is 5.99. The minimum atomic E-state index is -0.000761. The Morgan fingerprint density at radius 2 is 1.93 bits per heavy atom. The Hall–Kier alpha value is -2.93. The Morgan fingerprint density at radius 1 is 1.17 bits per heavy atom. The molecule has 0 atom stereocenters. The summed E-state index contributed by atoms with van der Waals surface area (Å²) in [5.41, 5.74) is 2.81. The predicted octanol–water partition coefficient (Wildman–Crippen LogP) is 4.13. The predicted molar refractivity (Wildman–Crippen MR) is 122 cm³/mol. The Morgan fingerprint density at radius 3 is 2.67 bits per heavy atom. The number of rotatable bonds is 5. The van der Waals surface area contributed by atoms with Gasteiger partial charge < -0.3 is 15.1 Å². The molecule has 7 heteroatoms. The molecule has 3 aromatic rings. The largest absolute Gasteiger partial charge is 0.348 e. The van der Waals surface area contributed by atoms with E-state index < -0.39 is 0 Å². The molecule has 156 valence electrons. The third kappa shape index (κ3) is 4.62. The molecule has 0 bridgehead atoms. The van der Waals surface area contributed by atoms with Crippen LogP contribution in [-0.4, -0.2) is 41.8 Å². The van der Waals surface area contributed by atoms with Crippen molar-refractivity contribution in [3.8, 4) is 0 Å². The fourth-order valence-electron chi connectivity index (χ4n) is 3.71. The average Bonchev–Trinajstić information content (AvgIpc) is 3.18. The number of benzene rings is 2. The Labute approximate surface area is 180 Å². The van der Waals surface area contributed by atoms with Gasteiger partial charge in [-0.3, -0.25) is 9.59 Å². The number of hydrogen-bond acceptors (Lipinski definition) is 5. The first kappa shape index (κ1) is 20.3. The molecule has 6 nitrogen and oxygen atoms in total. The van der Waals surface area contributed by atoms with Crippen LogP contribution in [0.25, 0.3) is 10.2 Å². The number of aromatic nitrogens is 1. The second-order valence-corrected chi connectivity index (χ2v) is 8.80. The van der Waals surface area contributed by atoms with E-state index in [0.717, 1.165) is 47.8 Å². The summed E-state index contributed by atoms with van der Waals surface area (Å²) in [6.07, 6.45) is 1.63. The molecule has 2 heterocycles. The summed E-state index contributed by atoms with van der Waals surface area (Å²) in [6.45, 7) is 3.74. The summed E-state index contributed by atoms with van der Waals surface area (Å²) in [5, 5.41) is 4.10. The smallest absolute Gasteiger partial charge is 0.227 e. The third-order valence-electron chi connectivity index (χ3n) is 5.57. The summed E-state index contributed by atoms with van der Waals surface area (Å²) in [4.78, 5) is 32.9. The van der Waals surface area contributed by atoms with Crippen LogP contribution in [0.4, 0.5) is 10.8 Å². The highest BCUT2D eigenvalue weighted by atomic mass is 32.1. The van der Waals surface area contributed by atoms with Crippen LogP contribution in [0.15, 0.2) is 48.5 Å². The molecule has 4 rings (SSSR count). The van der Waals surface area contributed by atoms with E-state index in [1.807, 2.05) is 42.5 Å². The van der Waals surface area contributed by atoms with E-state index in [0.29, 0.717) is 6.54 Å². The number of hydrogen-bond donors (Lipinski definition) is 1. The lowest BCUT2D eigenvalue weighted by Gasteiger charge is -2.31. The zero-order chi connectivity index (χ0) is 21.1. The maximum absolute atomic E-state index is 12.8.